The summed E-state index contributed by atoms with van der Waals surface area (Å²) in [7, 11) is 4.34. The third-order valence-corrected chi connectivity index (χ3v) is 4.68. The van der Waals surface area contributed by atoms with Gasteiger partial charge in [-0.1, -0.05) is 25.1 Å². The molecule has 1 fully saturated rings. The summed E-state index contributed by atoms with van der Waals surface area (Å²) < 4.78 is 13.8. The van der Waals surface area contributed by atoms with Crippen molar-refractivity contribution in [2.75, 3.05) is 33.7 Å². The van der Waals surface area contributed by atoms with Crippen molar-refractivity contribution in [3.05, 3.63) is 35.6 Å². The predicted octanol–water partition coefficient (Wildman–Crippen LogP) is 2.49. The molecule has 1 aromatic rings. The molecule has 3 nitrogen and oxygen atoms in total. The van der Waals surface area contributed by atoms with Gasteiger partial charge in [-0.25, -0.2) is 4.39 Å². The first-order valence-electron chi connectivity index (χ1n) is 7.88. The van der Waals surface area contributed by atoms with Crippen LogP contribution >= 0.6 is 0 Å². The van der Waals surface area contributed by atoms with Gasteiger partial charge in [0, 0.05) is 30.7 Å². The molecule has 0 amide bonds. The lowest BCUT2D eigenvalue weighted by atomic mass is 9.93. The van der Waals surface area contributed by atoms with Gasteiger partial charge in [-0.3, -0.25) is 0 Å². The molecule has 3 atom stereocenters. The highest BCUT2D eigenvalue weighted by Crippen LogP contribution is 2.24. The lowest BCUT2D eigenvalue weighted by molar-refractivity contribution is 0.118. The van der Waals surface area contributed by atoms with Gasteiger partial charge in [0.25, 0.3) is 0 Å². The third-order valence-electron chi connectivity index (χ3n) is 4.68. The minimum atomic E-state index is -0.255. The first kappa shape index (κ1) is 16.4. The number of benzene rings is 1. The van der Waals surface area contributed by atoms with E-state index in [1.54, 1.807) is 12.1 Å². The summed E-state index contributed by atoms with van der Waals surface area (Å²) in [6.45, 7) is 5.31. The Bertz CT molecular complexity index is 451. The van der Waals surface area contributed by atoms with Gasteiger partial charge in [0.05, 0.1) is 0 Å². The molecule has 0 spiro atoms. The van der Waals surface area contributed by atoms with Crippen LogP contribution in [0.25, 0.3) is 0 Å². The smallest absolute Gasteiger partial charge is 0.127 e. The Hall–Kier alpha value is -0.970. The monoisotopic (exact) mass is 293 g/mol. The zero-order valence-electron chi connectivity index (χ0n) is 13.4. The van der Waals surface area contributed by atoms with Crippen LogP contribution < -0.4 is 5.73 Å². The van der Waals surface area contributed by atoms with E-state index >= 15 is 0 Å². The number of likely N-dealkylation sites (N-methyl/N-ethyl adjacent to an activating group) is 2. The minimum absolute atomic E-state index is 0.197. The molecule has 0 aliphatic carbocycles. The Labute approximate surface area is 127 Å². The molecule has 0 bridgehead atoms. The highest BCUT2D eigenvalue weighted by atomic mass is 19.1. The van der Waals surface area contributed by atoms with Gasteiger partial charge in [-0.05, 0) is 45.5 Å². The maximum absolute atomic E-state index is 13.8. The van der Waals surface area contributed by atoms with Crippen molar-refractivity contribution in [2.45, 2.75) is 31.8 Å². The molecular formula is C17H28FN3. The van der Waals surface area contributed by atoms with E-state index in [9.17, 15) is 4.39 Å². The maximum atomic E-state index is 13.8. The molecule has 2 rings (SSSR count). The number of rotatable bonds is 5. The van der Waals surface area contributed by atoms with Crippen molar-refractivity contribution in [1.82, 2.24) is 9.80 Å². The first-order valence-corrected chi connectivity index (χ1v) is 7.88. The van der Waals surface area contributed by atoms with Crippen molar-refractivity contribution >= 4 is 0 Å². The van der Waals surface area contributed by atoms with Crippen molar-refractivity contribution in [2.24, 2.45) is 11.7 Å². The molecule has 1 aliphatic rings. The van der Waals surface area contributed by atoms with E-state index in [1.165, 1.54) is 25.5 Å². The SMILES string of the molecule is CC(CN(C)C1CCCN(C)C1)C(N)c1ccccc1F. The number of hydrogen-bond donors (Lipinski definition) is 1. The topological polar surface area (TPSA) is 32.5 Å². The second-order valence-corrected chi connectivity index (χ2v) is 6.52. The molecule has 0 radical (unpaired) electrons. The molecule has 1 heterocycles. The molecular weight excluding hydrogens is 265 g/mol. The highest BCUT2D eigenvalue weighted by Gasteiger charge is 2.25. The van der Waals surface area contributed by atoms with Gasteiger partial charge in [-0.2, -0.15) is 0 Å². The molecule has 2 N–H and O–H groups in total. The van der Waals surface area contributed by atoms with E-state index in [0.29, 0.717) is 11.6 Å². The Balaban J connectivity index is 1.94. The van der Waals surface area contributed by atoms with E-state index in [-0.39, 0.29) is 17.8 Å². The quantitative estimate of drug-likeness (QED) is 0.905. The van der Waals surface area contributed by atoms with Crippen LogP contribution in [0.4, 0.5) is 4.39 Å². The van der Waals surface area contributed by atoms with E-state index in [1.807, 2.05) is 6.07 Å². The summed E-state index contributed by atoms with van der Waals surface area (Å²) in [6, 6.07) is 7.17. The Morgan fingerprint density at radius 3 is 2.81 bits per heavy atom. The fourth-order valence-electron chi connectivity index (χ4n) is 3.27. The zero-order valence-corrected chi connectivity index (χ0v) is 13.4. The van der Waals surface area contributed by atoms with Crippen LogP contribution in [0, 0.1) is 11.7 Å². The molecule has 3 unspecified atom stereocenters. The maximum Gasteiger partial charge on any atom is 0.127 e. The van der Waals surface area contributed by atoms with E-state index in [0.717, 1.165) is 13.1 Å². The van der Waals surface area contributed by atoms with Crippen molar-refractivity contribution in [3.8, 4) is 0 Å². The molecule has 1 saturated heterocycles. The summed E-state index contributed by atoms with van der Waals surface area (Å²) in [5.41, 5.74) is 6.89. The largest absolute Gasteiger partial charge is 0.324 e. The lowest BCUT2D eigenvalue weighted by Crippen LogP contribution is -2.47. The number of likely N-dealkylation sites (tertiary alicyclic amines) is 1. The minimum Gasteiger partial charge on any atom is -0.324 e. The zero-order chi connectivity index (χ0) is 15.4. The summed E-state index contributed by atoms with van der Waals surface area (Å²) >= 11 is 0. The van der Waals surface area contributed by atoms with E-state index in [4.69, 9.17) is 5.73 Å². The van der Waals surface area contributed by atoms with Gasteiger partial charge in [0.1, 0.15) is 5.82 Å². The average molecular weight is 293 g/mol. The first-order chi connectivity index (χ1) is 9.99. The fourth-order valence-corrected chi connectivity index (χ4v) is 3.27. The molecule has 0 saturated carbocycles. The van der Waals surface area contributed by atoms with Crippen LogP contribution in [0.1, 0.15) is 31.4 Å². The van der Waals surface area contributed by atoms with Crippen molar-refractivity contribution in [3.63, 3.8) is 0 Å². The summed E-state index contributed by atoms with van der Waals surface area (Å²) in [5, 5.41) is 0. The van der Waals surface area contributed by atoms with Crippen LogP contribution in [0.15, 0.2) is 24.3 Å². The van der Waals surface area contributed by atoms with Crippen molar-refractivity contribution in [1.29, 1.82) is 0 Å². The van der Waals surface area contributed by atoms with Gasteiger partial charge in [0.15, 0.2) is 0 Å². The van der Waals surface area contributed by atoms with E-state index in [2.05, 4.69) is 30.8 Å². The molecule has 1 aromatic carbocycles. The number of nitrogens with two attached hydrogens (primary N) is 1. The Kier molecular flexibility index (Phi) is 5.73. The molecule has 0 aromatic heterocycles. The van der Waals surface area contributed by atoms with Gasteiger partial charge >= 0.3 is 0 Å². The molecule has 118 valence electrons. The van der Waals surface area contributed by atoms with Gasteiger partial charge in [-0.15, -0.1) is 0 Å². The highest BCUT2D eigenvalue weighted by molar-refractivity contribution is 5.21. The Morgan fingerprint density at radius 2 is 2.14 bits per heavy atom. The standard InChI is InChI=1S/C17H28FN3/c1-13(17(19)15-8-4-5-9-16(15)18)11-21(3)14-7-6-10-20(2)12-14/h4-5,8-9,13-14,17H,6-7,10-12,19H2,1-3H3. The third kappa shape index (κ3) is 4.25. The fraction of sp³-hybridized carbons (Fsp3) is 0.647. The van der Waals surface area contributed by atoms with Crippen LogP contribution in [0.5, 0.6) is 0 Å². The van der Waals surface area contributed by atoms with Crippen LogP contribution in [0.3, 0.4) is 0 Å². The normalized spacial score (nSPS) is 23.2. The number of halogens is 1. The lowest BCUT2D eigenvalue weighted by Gasteiger charge is -2.37. The van der Waals surface area contributed by atoms with Gasteiger partial charge < -0.3 is 15.5 Å². The second kappa shape index (κ2) is 7.34. The summed E-state index contributed by atoms with van der Waals surface area (Å²) in [6.07, 6.45) is 2.49. The Morgan fingerprint density at radius 1 is 1.43 bits per heavy atom. The number of hydrogen-bond acceptors (Lipinski definition) is 3. The van der Waals surface area contributed by atoms with E-state index < -0.39 is 0 Å². The van der Waals surface area contributed by atoms with Crippen LogP contribution in [0.2, 0.25) is 0 Å². The predicted molar refractivity (Wildman–Crippen MR) is 85.6 cm³/mol. The average Bonchev–Trinajstić information content (AvgIpc) is 2.47. The second-order valence-electron chi connectivity index (χ2n) is 6.52. The summed E-state index contributed by atoms with van der Waals surface area (Å²) in [5.74, 6) is 0.0241. The van der Waals surface area contributed by atoms with Crippen molar-refractivity contribution < 1.29 is 4.39 Å². The number of piperidine rings is 1. The molecule has 1 aliphatic heterocycles. The van der Waals surface area contributed by atoms with Crippen LogP contribution in [-0.2, 0) is 0 Å². The number of nitrogens with zero attached hydrogens (tertiary/aromatic N) is 2. The summed E-state index contributed by atoms with van der Waals surface area (Å²) in [4.78, 5) is 4.77. The molecule has 21 heavy (non-hydrogen) atoms. The molecule has 4 heteroatoms. The van der Waals surface area contributed by atoms with Crippen LogP contribution in [-0.4, -0.2) is 49.6 Å². The van der Waals surface area contributed by atoms with Gasteiger partial charge in [0.2, 0.25) is 0 Å².